The van der Waals surface area contributed by atoms with Crippen LogP contribution in [0.1, 0.15) is 46.5 Å². The summed E-state index contributed by atoms with van der Waals surface area (Å²) in [5.41, 5.74) is 1.08. The first-order valence-electron chi connectivity index (χ1n) is 7.25. The predicted molar refractivity (Wildman–Crippen MR) is 71.3 cm³/mol. The van der Waals surface area contributed by atoms with E-state index in [-0.39, 0.29) is 11.8 Å². The van der Waals surface area contributed by atoms with E-state index in [0.717, 1.165) is 31.3 Å². The fourth-order valence-corrected chi connectivity index (χ4v) is 3.87. The standard InChI is InChI=1S/C15H24O4/c1-8-4-7-12(10(3)15(16)17)13-11(8)6-5-9(2)14(13)19-18/h8-12,18H,4-7H2,1-3H3,(H,16,17)/t8-,9?,10-,11+,12+/m1/s1. The highest BCUT2D eigenvalue weighted by Gasteiger charge is 2.43. The summed E-state index contributed by atoms with van der Waals surface area (Å²) < 4.78 is 0. The maximum Gasteiger partial charge on any atom is 0.306 e. The molecule has 0 aromatic rings. The molecule has 2 aliphatic carbocycles. The van der Waals surface area contributed by atoms with E-state index in [4.69, 9.17) is 0 Å². The van der Waals surface area contributed by atoms with Gasteiger partial charge in [-0.05, 0) is 49.0 Å². The monoisotopic (exact) mass is 268 g/mol. The molecule has 2 rings (SSSR count). The lowest BCUT2D eigenvalue weighted by atomic mass is 9.62. The maximum absolute atomic E-state index is 11.3. The van der Waals surface area contributed by atoms with Crippen LogP contribution in [0.25, 0.3) is 0 Å². The summed E-state index contributed by atoms with van der Waals surface area (Å²) in [6.07, 6.45) is 4.01. The van der Waals surface area contributed by atoms with E-state index < -0.39 is 11.9 Å². The Labute approximate surface area is 114 Å². The summed E-state index contributed by atoms with van der Waals surface area (Å²) in [5.74, 6) is 0.570. The number of aliphatic carboxylic acids is 1. The highest BCUT2D eigenvalue weighted by Crippen LogP contribution is 2.49. The zero-order valence-corrected chi connectivity index (χ0v) is 11.9. The number of fused-ring (bicyclic) bond motifs is 1. The van der Waals surface area contributed by atoms with Gasteiger partial charge in [0.05, 0.1) is 5.92 Å². The number of hydrogen-bond donors (Lipinski definition) is 2. The number of allylic oxidation sites excluding steroid dienone is 2. The smallest absolute Gasteiger partial charge is 0.306 e. The van der Waals surface area contributed by atoms with E-state index in [2.05, 4.69) is 11.8 Å². The number of carbonyl (C=O) groups is 1. The first-order chi connectivity index (χ1) is 8.97. The molecule has 0 saturated heterocycles. The van der Waals surface area contributed by atoms with Gasteiger partial charge in [-0.1, -0.05) is 20.8 Å². The quantitative estimate of drug-likeness (QED) is 0.607. The molecule has 0 heterocycles. The Kier molecular flexibility index (Phi) is 4.19. The summed E-state index contributed by atoms with van der Waals surface area (Å²) in [6.45, 7) is 6.02. The highest BCUT2D eigenvalue weighted by molar-refractivity contribution is 5.70. The van der Waals surface area contributed by atoms with Crippen molar-refractivity contribution in [2.45, 2.75) is 46.5 Å². The van der Waals surface area contributed by atoms with Gasteiger partial charge >= 0.3 is 5.97 Å². The van der Waals surface area contributed by atoms with E-state index in [1.165, 1.54) is 0 Å². The van der Waals surface area contributed by atoms with Crippen LogP contribution < -0.4 is 0 Å². The molecule has 5 atom stereocenters. The molecule has 19 heavy (non-hydrogen) atoms. The first-order valence-corrected chi connectivity index (χ1v) is 7.25. The van der Waals surface area contributed by atoms with Gasteiger partial charge in [-0.2, -0.15) is 0 Å². The van der Waals surface area contributed by atoms with Crippen molar-refractivity contribution in [2.24, 2.45) is 29.6 Å². The van der Waals surface area contributed by atoms with E-state index >= 15 is 0 Å². The van der Waals surface area contributed by atoms with Crippen LogP contribution in [0.15, 0.2) is 11.3 Å². The minimum absolute atomic E-state index is 0.00333. The molecule has 1 unspecified atom stereocenters. The Morgan fingerprint density at radius 1 is 1.26 bits per heavy atom. The van der Waals surface area contributed by atoms with Gasteiger partial charge < -0.3 is 9.99 Å². The molecule has 1 saturated carbocycles. The summed E-state index contributed by atoms with van der Waals surface area (Å²) in [6, 6.07) is 0. The molecule has 4 heteroatoms. The lowest BCUT2D eigenvalue weighted by molar-refractivity contribution is -0.215. The molecule has 0 aliphatic heterocycles. The van der Waals surface area contributed by atoms with Crippen LogP contribution in [0.4, 0.5) is 0 Å². The molecule has 4 nitrogen and oxygen atoms in total. The Morgan fingerprint density at radius 3 is 2.53 bits per heavy atom. The molecule has 0 spiro atoms. The van der Waals surface area contributed by atoms with Gasteiger partial charge in [0.15, 0.2) is 0 Å². The molecular formula is C15H24O4. The SMILES string of the molecule is CC1CC[C@@H]2C(=C1OO)[C@H]([C@@H](C)C(=O)O)CC[C@H]2C. The average Bonchev–Trinajstić information content (AvgIpc) is 2.38. The molecule has 1 fully saturated rings. The minimum Gasteiger partial charge on any atom is -0.481 e. The zero-order valence-electron chi connectivity index (χ0n) is 11.9. The number of carboxylic acid groups (broad SMARTS) is 1. The molecule has 2 aliphatic rings. The fourth-order valence-electron chi connectivity index (χ4n) is 3.87. The average molecular weight is 268 g/mol. The first kappa shape index (κ1) is 14.4. The van der Waals surface area contributed by atoms with Crippen molar-refractivity contribution in [1.82, 2.24) is 0 Å². The lowest BCUT2D eigenvalue weighted by Crippen LogP contribution is -2.37. The van der Waals surface area contributed by atoms with Gasteiger partial charge in [0.2, 0.25) is 0 Å². The van der Waals surface area contributed by atoms with Gasteiger partial charge in [-0.15, -0.1) is 0 Å². The molecular weight excluding hydrogens is 244 g/mol. The van der Waals surface area contributed by atoms with Crippen molar-refractivity contribution >= 4 is 5.97 Å². The second kappa shape index (κ2) is 5.53. The Hall–Kier alpha value is -1.03. The zero-order chi connectivity index (χ0) is 14.2. The Bertz CT molecular complexity index is 388. The van der Waals surface area contributed by atoms with Crippen molar-refractivity contribution < 1.29 is 20.0 Å². The van der Waals surface area contributed by atoms with Crippen LogP contribution in [0.2, 0.25) is 0 Å². The second-order valence-electron chi connectivity index (χ2n) is 6.28. The van der Waals surface area contributed by atoms with Crippen LogP contribution in [-0.4, -0.2) is 16.3 Å². The molecule has 0 aromatic heterocycles. The van der Waals surface area contributed by atoms with Crippen LogP contribution in [0, 0.1) is 29.6 Å². The molecule has 0 aromatic carbocycles. The Morgan fingerprint density at radius 2 is 1.95 bits per heavy atom. The summed E-state index contributed by atoms with van der Waals surface area (Å²) in [5, 5.41) is 18.5. The molecule has 2 N–H and O–H groups in total. The van der Waals surface area contributed by atoms with Crippen LogP contribution in [0.3, 0.4) is 0 Å². The fraction of sp³-hybridized carbons (Fsp3) is 0.800. The second-order valence-corrected chi connectivity index (χ2v) is 6.28. The lowest BCUT2D eigenvalue weighted by Gasteiger charge is -2.43. The largest absolute Gasteiger partial charge is 0.481 e. The number of rotatable bonds is 3. The topological polar surface area (TPSA) is 66.8 Å². The van der Waals surface area contributed by atoms with Crippen molar-refractivity contribution in [3.8, 4) is 0 Å². The molecule has 0 radical (unpaired) electrons. The van der Waals surface area contributed by atoms with E-state index in [1.54, 1.807) is 6.92 Å². The third-order valence-electron chi connectivity index (χ3n) is 5.15. The molecule has 0 bridgehead atoms. The van der Waals surface area contributed by atoms with Crippen LogP contribution >= 0.6 is 0 Å². The summed E-state index contributed by atoms with van der Waals surface area (Å²) >= 11 is 0. The number of carboxylic acids is 1. The predicted octanol–water partition coefficient (Wildman–Crippen LogP) is 3.54. The maximum atomic E-state index is 11.3. The van der Waals surface area contributed by atoms with E-state index in [1.807, 2.05) is 6.92 Å². The van der Waals surface area contributed by atoms with Gasteiger partial charge in [-0.3, -0.25) is 4.79 Å². The highest BCUT2D eigenvalue weighted by atomic mass is 17.1. The summed E-state index contributed by atoms with van der Waals surface area (Å²) in [4.78, 5) is 16.0. The molecule has 0 amide bonds. The van der Waals surface area contributed by atoms with Crippen molar-refractivity contribution in [3.63, 3.8) is 0 Å². The minimum atomic E-state index is -0.763. The summed E-state index contributed by atoms with van der Waals surface area (Å²) in [7, 11) is 0. The van der Waals surface area contributed by atoms with Gasteiger partial charge in [0.25, 0.3) is 0 Å². The third kappa shape index (κ3) is 2.50. The number of hydrogen-bond acceptors (Lipinski definition) is 3. The van der Waals surface area contributed by atoms with Gasteiger partial charge in [0, 0.05) is 5.92 Å². The Balaban J connectivity index is 2.42. The van der Waals surface area contributed by atoms with E-state index in [0.29, 0.717) is 17.6 Å². The molecule has 108 valence electrons. The van der Waals surface area contributed by atoms with Gasteiger partial charge in [-0.25, -0.2) is 5.26 Å². The normalized spacial score (nSPS) is 36.6. The van der Waals surface area contributed by atoms with Crippen molar-refractivity contribution in [1.29, 1.82) is 0 Å². The van der Waals surface area contributed by atoms with Crippen LogP contribution in [-0.2, 0) is 9.68 Å². The van der Waals surface area contributed by atoms with Crippen molar-refractivity contribution in [2.75, 3.05) is 0 Å². The van der Waals surface area contributed by atoms with Gasteiger partial charge in [0.1, 0.15) is 5.76 Å². The van der Waals surface area contributed by atoms with Crippen molar-refractivity contribution in [3.05, 3.63) is 11.3 Å². The third-order valence-corrected chi connectivity index (χ3v) is 5.15. The van der Waals surface area contributed by atoms with E-state index in [9.17, 15) is 15.2 Å². The van der Waals surface area contributed by atoms with Crippen LogP contribution in [0.5, 0.6) is 0 Å².